The second-order valence-electron chi connectivity index (χ2n) is 12.0. The van der Waals surface area contributed by atoms with Crippen molar-refractivity contribution in [2.75, 3.05) is 13.2 Å². The van der Waals surface area contributed by atoms with E-state index in [0.29, 0.717) is 19.3 Å². The first-order valence-corrected chi connectivity index (χ1v) is 20.2. The van der Waals surface area contributed by atoms with Crippen LogP contribution in [0.2, 0.25) is 0 Å². The van der Waals surface area contributed by atoms with Gasteiger partial charge in [-0.15, -0.1) is 0 Å². The summed E-state index contributed by atoms with van der Waals surface area (Å²) >= 11 is 0. The fourth-order valence-corrected chi connectivity index (χ4v) is 4.83. The van der Waals surface area contributed by atoms with Crippen LogP contribution < -0.4 is 0 Å². The highest BCUT2D eigenvalue weighted by atomic mass is 31.2. The summed E-state index contributed by atoms with van der Waals surface area (Å²) in [5.41, 5.74) is 0. The molecule has 9 nitrogen and oxygen atoms in total. The molecule has 0 aliphatic heterocycles. The molecular formula is C41H65O9P. The third-order valence-corrected chi connectivity index (χ3v) is 7.69. The second kappa shape index (κ2) is 35.3. The van der Waals surface area contributed by atoms with Crippen LogP contribution >= 0.6 is 7.82 Å². The van der Waals surface area contributed by atoms with Crippen molar-refractivity contribution in [3.8, 4) is 0 Å². The summed E-state index contributed by atoms with van der Waals surface area (Å²) in [4.78, 5) is 42.7. The van der Waals surface area contributed by atoms with Crippen molar-refractivity contribution >= 4 is 19.8 Å². The van der Waals surface area contributed by atoms with Gasteiger partial charge >= 0.3 is 19.8 Å². The monoisotopic (exact) mass is 732 g/mol. The lowest BCUT2D eigenvalue weighted by Crippen LogP contribution is -2.29. The highest BCUT2D eigenvalue weighted by Gasteiger charge is 2.23. The minimum Gasteiger partial charge on any atom is -0.462 e. The molecule has 10 heteroatoms. The van der Waals surface area contributed by atoms with E-state index in [1.165, 1.54) is 0 Å². The average Bonchev–Trinajstić information content (AvgIpc) is 3.09. The Morgan fingerprint density at radius 2 is 1.12 bits per heavy atom. The normalized spacial score (nSPS) is 14.2. The van der Waals surface area contributed by atoms with Crippen LogP contribution in [0.4, 0.5) is 0 Å². The Hall–Kier alpha value is -3.07. The van der Waals surface area contributed by atoms with Gasteiger partial charge in [0, 0.05) is 12.8 Å². The highest BCUT2D eigenvalue weighted by Crippen LogP contribution is 2.35. The Morgan fingerprint density at radius 1 is 0.608 bits per heavy atom. The summed E-state index contributed by atoms with van der Waals surface area (Å²) in [7, 11) is -4.82. The topological polar surface area (TPSA) is 140 Å². The number of carbonyl (C=O) groups excluding carboxylic acids is 2. The third kappa shape index (κ3) is 38.0. The zero-order chi connectivity index (χ0) is 37.7. The molecule has 0 fully saturated rings. The van der Waals surface area contributed by atoms with Crippen molar-refractivity contribution in [2.24, 2.45) is 0 Å². The van der Waals surface area contributed by atoms with E-state index in [4.69, 9.17) is 19.3 Å². The van der Waals surface area contributed by atoms with E-state index in [1.54, 1.807) is 12.2 Å². The minimum absolute atomic E-state index is 0.0288. The molecule has 0 amide bonds. The number of hydrogen-bond donors (Lipinski definition) is 3. The smallest absolute Gasteiger partial charge is 0.462 e. The first-order valence-electron chi connectivity index (χ1n) is 18.6. The maximum atomic E-state index is 12.4. The lowest BCUT2D eigenvalue weighted by Gasteiger charge is -2.18. The Labute approximate surface area is 307 Å². The maximum absolute atomic E-state index is 12.4. The Kier molecular flexibility index (Phi) is 33.2. The molecule has 0 aromatic heterocycles. The number of unbranched alkanes of at least 4 members (excludes halogenated alkanes) is 5. The van der Waals surface area contributed by atoms with E-state index in [0.717, 1.165) is 77.0 Å². The molecular weight excluding hydrogens is 667 g/mol. The number of hydrogen-bond acceptors (Lipinski definition) is 7. The van der Waals surface area contributed by atoms with Crippen LogP contribution in [0.5, 0.6) is 0 Å². The van der Waals surface area contributed by atoms with Gasteiger partial charge in [0.25, 0.3) is 0 Å². The summed E-state index contributed by atoms with van der Waals surface area (Å²) in [6, 6.07) is 0. The molecule has 0 radical (unpaired) electrons. The first kappa shape index (κ1) is 47.9. The van der Waals surface area contributed by atoms with Crippen LogP contribution in [0.1, 0.15) is 123 Å². The van der Waals surface area contributed by atoms with Crippen molar-refractivity contribution in [1.82, 2.24) is 0 Å². The number of aliphatic hydroxyl groups is 1. The molecule has 0 spiro atoms. The molecule has 0 aliphatic carbocycles. The molecule has 51 heavy (non-hydrogen) atoms. The van der Waals surface area contributed by atoms with Gasteiger partial charge in [-0.3, -0.25) is 14.1 Å². The fourth-order valence-electron chi connectivity index (χ4n) is 4.47. The number of carbonyl (C=O) groups is 2. The van der Waals surface area contributed by atoms with E-state index in [1.807, 2.05) is 12.2 Å². The van der Waals surface area contributed by atoms with Crippen molar-refractivity contribution in [3.63, 3.8) is 0 Å². The SMILES string of the molecule is CC/C=C\C/C=C\C/C=C\C/C=C\C=C\C(O)CCCC(=O)O[C@H](COC(=O)CCCCCCC/C=C\C/C=C\C/C=C\CC)COP(=O)(O)O. The van der Waals surface area contributed by atoms with Crippen LogP contribution in [0, 0.1) is 0 Å². The molecule has 288 valence electrons. The quantitative estimate of drug-likeness (QED) is 0.0203. The van der Waals surface area contributed by atoms with Crippen molar-refractivity contribution in [3.05, 3.63) is 97.2 Å². The van der Waals surface area contributed by atoms with Gasteiger partial charge in [-0.1, -0.05) is 130 Å². The predicted molar refractivity (Wildman–Crippen MR) is 208 cm³/mol. The second-order valence-corrected chi connectivity index (χ2v) is 13.2. The predicted octanol–water partition coefficient (Wildman–Crippen LogP) is 10.0. The molecule has 0 bridgehead atoms. The van der Waals surface area contributed by atoms with E-state index in [9.17, 15) is 19.3 Å². The number of rotatable bonds is 32. The van der Waals surface area contributed by atoms with Gasteiger partial charge < -0.3 is 24.4 Å². The highest BCUT2D eigenvalue weighted by molar-refractivity contribution is 7.46. The van der Waals surface area contributed by atoms with Gasteiger partial charge in [0.05, 0.1) is 12.7 Å². The van der Waals surface area contributed by atoms with Gasteiger partial charge in [0.1, 0.15) is 6.61 Å². The Balaban J connectivity index is 4.24. The minimum atomic E-state index is -4.82. The van der Waals surface area contributed by atoms with Crippen molar-refractivity contribution in [1.29, 1.82) is 0 Å². The number of allylic oxidation sites excluding steroid dienone is 15. The summed E-state index contributed by atoms with van der Waals surface area (Å²) in [5, 5.41) is 10.2. The first-order chi connectivity index (χ1) is 24.7. The van der Waals surface area contributed by atoms with E-state index < -0.39 is 38.6 Å². The number of phosphoric ester groups is 1. The molecule has 2 atom stereocenters. The third-order valence-electron chi connectivity index (χ3n) is 7.20. The van der Waals surface area contributed by atoms with Crippen molar-refractivity contribution < 1.29 is 43.0 Å². The molecule has 1 unspecified atom stereocenters. The van der Waals surface area contributed by atoms with Gasteiger partial charge in [0.2, 0.25) is 0 Å². The van der Waals surface area contributed by atoms with Gasteiger partial charge in [-0.2, -0.15) is 0 Å². The Bertz CT molecular complexity index is 1160. The average molecular weight is 733 g/mol. The van der Waals surface area contributed by atoms with Crippen molar-refractivity contribution in [2.45, 2.75) is 135 Å². The Morgan fingerprint density at radius 3 is 1.71 bits per heavy atom. The molecule has 0 saturated carbocycles. The standard InChI is InChI=1S/C41H65O9P/c1-3-5-7-9-11-13-15-17-18-20-22-24-26-28-30-34-40(43)48-36-39(37-49-51(45,46)47)50-41(44)35-31-33-38(42)32-29-27-25-23-21-19-16-14-12-10-8-6-4-2/h5-8,11-14,17-19,21,25,27,29,32,38-39,42H,3-4,9-10,15-16,20,22-24,26,28,30-31,33-37H2,1-2H3,(H2,45,46,47)/b7-5-,8-6-,13-11-,14-12-,18-17-,21-19-,27-25-,32-29+/t38?,39-/m1/s1. The lowest BCUT2D eigenvalue weighted by atomic mass is 10.1. The summed E-state index contributed by atoms with van der Waals surface area (Å²) in [5.74, 6) is -1.12. The van der Waals surface area contributed by atoms with Gasteiger partial charge in [0.15, 0.2) is 6.10 Å². The van der Waals surface area contributed by atoms with Crippen LogP contribution in [-0.2, 0) is 28.2 Å². The molecule has 0 heterocycles. The molecule has 0 aromatic rings. The van der Waals surface area contributed by atoms with Gasteiger partial charge in [-0.05, 0) is 77.0 Å². The lowest BCUT2D eigenvalue weighted by molar-refractivity contribution is -0.161. The number of ether oxygens (including phenoxy) is 2. The van der Waals surface area contributed by atoms with E-state index in [2.05, 4.69) is 91.3 Å². The largest absolute Gasteiger partial charge is 0.469 e. The van der Waals surface area contributed by atoms with Crippen LogP contribution in [0.25, 0.3) is 0 Å². The van der Waals surface area contributed by atoms with Crippen LogP contribution in [0.15, 0.2) is 97.2 Å². The van der Waals surface area contributed by atoms with E-state index >= 15 is 0 Å². The zero-order valence-electron chi connectivity index (χ0n) is 31.1. The fraction of sp³-hybridized carbons (Fsp3) is 0.561. The molecule has 3 N–H and O–H groups in total. The number of esters is 2. The number of aliphatic hydroxyl groups excluding tert-OH is 1. The molecule has 0 saturated heterocycles. The maximum Gasteiger partial charge on any atom is 0.469 e. The summed E-state index contributed by atoms with van der Waals surface area (Å²) in [6.45, 7) is 3.25. The summed E-state index contributed by atoms with van der Waals surface area (Å²) < 4.78 is 26.2. The summed E-state index contributed by atoms with van der Waals surface area (Å²) in [6.07, 6.45) is 44.4. The molecule has 0 rings (SSSR count). The van der Waals surface area contributed by atoms with Gasteiger partial charge in [-0.25, -0.2) is 4.57 Å². The zero-order valence-corrected chi connectivity index (χ0v) is 32.0. The molecule has 0 aromatic carbocycles. The van der Waals surface area contributed by atoms with E-state index in [-0.39, 0.29) is 19.4 Å². The van der Waals surface area contributed by atoms with Crippen LogP contribution in [-0.4, -0.2) is 52.3 Å². The van der Waals surface area contributed by atoms with Crippen LogP contribution in [0.3, 0.4) is 0 Å². The number of phosphoric acid groups is 1. The molecule has 0 aliphatic rings.